The van der Waals surface area contributed by atoms with Gasteiger partial charge in [-0.05, 0) is 31.0 Å². The summed E-state index contributed by atoms with van der Waals surface area (Å²) in [6, 6.07) is 4.39. The van der Waals surface area contributed by atoms with Crippen molar-refractivity contribution in [3.8, 4) is 0 Å². The summed E-state index contributed by atoms with van der Waals surface area (Å²) in [5, 5.41) is 3.03. The molecular weight excluding hydrogens is 264 g/mol. The van der Waals surface area contributed by atoms with Crippen LogP contribution in [0.5, 0.6) is 0 Å². The Hall–Kier alpha value is -1.46. The third-order valence-corrected chi connectivity index (χ3v) is 4.01. The molecule has 1 atom stereocenters. The number of carbonyl (C=O) groups is 1. The van der Waals surface area contributed by atoms with Crippen LogP contribution in [0.3, 0.4) is 0 Å². The van der Waals surface area contributed by atoms with E-state index in [0.29, 0.717) is 6.54 Å². The molecule has 0 aliphatic carbocycles. The predicted octanol–water partition coefficient (Wildman–Crippen LogP) is 1.11. The van der Waals surface area contributed by atoms with Gasteiger partial charge < -0.3 is 5.32 Å². The molecular formula is C16H26N4O. The van der Waals surface area contributed by atoms with Gasteiger partial charge >= 0.3 is 0 Å². The Morgan fingerprint density at radius 3 is 2.48 bits per heavy atom. The van der Waals surface area contributed by atoms with Gasteiger partial charge in [0.1, 0.15) is 0 Å². The van der Waals surface area contributed by atoms with Crippen molar-refractivity contribution in [2.75, 3.05) is 32.7 Å². The molecule has 5 heteroatoms. The lowest BCUT2D eigenvalue weighted by atomic mass is 10.2. The summed E-state index contributed by atoms with van der Waals surface area (Å²) in [6.07, 6.45) is 4.65. The summed E-state index contributed by atoms with van der Waals surface area (Å²) in [5.41, 5.74) is 1.30. The minimum Gasteiger partial charge on any atom is -0.353 e. The van der Waals surface area contributed by atoms with Gasteiger partial charge in [0.25, 0.3) is 0 Å². The van der Waals surface area contributed by atoms with Crippen molar-refractivity contribution in [3.05, 3.63) is 30.1 Å². The van der Waals surface area contributed by atoms with Gasteiger partial charge in [-0.15, -0.1) is 0 Å². The highest BCUT2D eigenvalue weighted by Crippen LogP contribution is 2.07. The standard InChI is InChI=1S/C16H26N4O/c1-3-14(2)18-16(21)13-20-10-8-19(9-11-20)12-15-4-6-17-7-5-15/h4-7,14H,3,8-13H2,1-2H3,(H,18,21). The molecule has 1 N–H and O–H groups in total. The zero-order valence-corrected chi connectivity index (χ0v) is 13.1. The first-order valence-corrected chi connectivity index (χ1v) is 7.80. The molecule has 1 aliphatic heterocycles. The molecule has 0 radical (unpaired) electrons. The van der Waals surface area contributed by atoms with E-state index in [4.69, 9.17) is 0 Å². The van der Waals surface area contributed by atoms with Crippen molar-refractivity contribution in [2.45, 2.75) is 32.9 Å². The number of carbonyl (C=O) groups excluding carboxylic acids is 1. The van der Waals surface area contributed by atoms with Gasteiger partial charge in [0.15, 0.2) is 0 Å². The van der Waals surface area contributed by atoms with Gasteiger partial charge in [-0.25, -0.2) is 0 Å². The second-order valence-electron chi connectivity index (χ2n) is 5.78. The fourth-order valence-corrected chi connectivity index (χ4v) is 2.48. The first-order valence-electron chi connectivity index (χ1n) is 7.80. The second kappa shape index (κ2) is 8.10. The smallest absolute Gasteiger partial charge is 0.234 e. The fourth-order valence-electron chi connectivity index (χ4n) is 2.48. The zero-order chi connectivity index (χ0) is 15.1. The van der Waals surface area contributed by atoms with E-state index in [1.165, 1.54) is 5.56 Å². The lowest BCUT2D eigenvalue weighted by Gasteiger charge is -2.34. The Balaban J connectivity index is 1.69. The third kappa shape index (κ3) is 5.44. The van der Waals surface area contributed by atoms with Crippen molar-refractivity contribution in [1.82, 2.24) is 20.1 Å². The zero-order valence-electron chi connectivity index (χ0n) is 13.1. The molecule has 1 unspecified atom stereocenters. The van der Waals surface area contributed by atoms with Crippen molar-refractivity contribution >= 4 is 5.91 Å². The maximum absolute atomic E-state index is 11.9. The van der Waals surface area contributed by atoms with E-state index in [1.807, 2.05) is 19.3 Å². The molecule has 1 aliphatic rings. The molecule has 0 bridgehead atoms. The molecule has 5 nitrogen and oxygen atoms in total. The van der Waals surface area contributed by atoms with Crippen LogP contribution in [0.25, 0.3) is 0 Å². The SMILES string of the molecule is CCC(C)NC(=O)CN1CCN(Cc2ccncc2)CC1. The van der Waals surface area contributed by atoms with E-state index in [-0.39, 0.29) is 11.9 Å². The number of piperazine rings is 1. The molecule has 1 amide bonds. The molecule has 116 valence electrons. The quantitative estimate of drug-likeness (QED) is 0.853. The Morgan fingerprint density at radius 1 is 1.24 bits per heavy atom. The Labute approximate surface area is 127 Å². The second-order valence-corrected chi connectivity index (χ2v) is 5.78. The molecule has 0 spiro atoms. The topological polar surface area (TPSA) is 48.5 Å². The minimum absolute atomic E-state index is 0.145. The van der Waals surface area contributed by atoms with Crippen LogP contribution in [0.4, 0.5) is 0 Å². The van der Waals surface area contributed by atoms with Crippen molar-refractivity contribution in [1.29, 1.82) is 0 Å². The summed E-state index contributed by atoms with van der Waals surface area (Å²) in [4.78, 5) is 20.6. The highest BCUT2D eigenvalue weighted by molar-refractivity contribution is 5.78. The van der Waals surface area contributed by atoms with Gasteiger partial charge in [0.05, 0.1) is 6.54 Å². The average Bonchev–Trinajstić information content (AvgIpc) is 2.50. The summed E-state index contributed by atoms with van der Waals surface area (Å²) >= 11 is 0. The largest absolute Gasteiger partial charge is 0.353 e. The van der Waals surface area contributed by atoms with Crippen LogP contribution in [0.2, 0.25) is 0 Å². The molecule has 1 fully saturated rings. The van der Waals surface area contributed by atoms with E-state index >= 15 is 0 Å². The van der Waals surface area contributed by atoms with Gasteiger partial charge in [-0.1, -0.05) is 6.92 Å². The van der Waals surface area contributed by atoms with E-state index in [9.17, 15) is 4.79 Å². The molecule has 2 rings (SSSR count). The predicted molar refractivity (Wildman–Crippen MR) is 83.8 cm³/mol. The Bertz CT molecular complexity index is 429. The minimum atomic E-state index is 0.145. The Kier molecular flexibility index (Phi) is 6.14. The van der Waals surface area contributed by atoms with E-state index in [1.54, 1.807) is 0 Å². The molecule has 21 heavy (non-hydrogen) atoms. The lowest BCUT2D eigenvalue weighted by molar-refractivity contribution is -0.123. The van der Waals surface area contributed by atoms with Crippen molar-refractivity contribution < 1.29 is 4.79 Å². The Morgan fingerprint density at radius 2 is 1.86 bits per heavy atom. The van der Waals surface area contributed by atoms with Crippen LogP contribution >= 0.6 is 0 Å². The number of hydrogen-bond donors (Lipinski definition) is 1. The molecule has 0 saturated carbocycles. The summed E-state index contributed by atoms with van der Waals surface area (Å²) in [7, 11) is 0. The molecule has 1 saturated heterocycles. The summed E-state index contributed by atoms with van der Waals surface area (Å²) in [6.45, 7) is 9.56. The van der Waals surface area contributed by atoms with Crippen LogP contribution in [-0.2, 0) is 11.3 Å². The van der Waals surface area contributed by atoms with Gasteiger partial charge in [0, 0.05) is 51.2 Å². The van der Waals surface area contributed by atoms with Crippen LogP contribution in [0.1, 0.15) is 25.8 Å². The van der Waals surface area contributed by atoms with E-state index in [0.717, 1.165) is 39.1 Å². The first-order chi connectivity index (χ1) is 10.2. The highest BCUT2D eigenvalue weighted by Gasteiger charge is 2.19. The highest BCUT2D eigenvalue weighted by atomic mass is 16.2. The number of nitrogens with zero attached hydrogens (tertiary/aromatic N) is 3. The summed E-state index contributed by atoms with van der Waals surface area (Å²) < 4.78 is 0. The van der Waals surface area contributed by atoms with E-state index < -0.39 is 0 Å². The monoisotopic (exact) mass is 290 g/mol. The average molecular weight is 290 g/mol. The summed E-state index contributed by atoms with van der Waals surface area (Å²) in [5.74, 6) is 0.145. The molecule has 2 heterocycles. The van der Waals surface area contributed by atoms with E-state index in [2.05, 4.69) is 39.2 Å². The van der Waals surface area contributed by atoms with Gasteiger partial charge in [0.2, 0.25) is 5.91 Å². The number of hydrogen-bond acceptors (Lipinski definition) is 4. The third-order valence-electron chi connectivity index (χ3n) is 4.01. The maximum Gasteiger partial charge on any atom is 0.234 e. The van der Waals surface area contributed by atoms with Crippen LogP contribution < -0.4 is 5.32 Å². The normalized spacial score (nSPS) is 18.4. The first kappa shape index (κ1) is 15.9. The van der Waals surface area contributed by atoms with Crippen LogP contribution in [0, 0.1) is 0 Å². The number of pyridine rings is 1. The van der Waals surface area contributed by atoms with Crippen LogP contribution in [0.15, 0.2) is 24.5 Å². The molecule has 0 aromatic carbocycles. The number of amides is 1. The van der Waals surface area contributed by atoms with Gasteiger partial charge in [-0.3, -0.25) is 19.6 Å². The van der Waals surface area contributed by atoms with Crippen molar-refractivity contribution in [2.24, 2.45) is 0 Å². The molecule has 1 aromatic heterocycles. The number of aromatic nitrogens is 1. The number of nitrogens with one attached hydrogen (secondary N) is 1. The molecule has 1 aromatic rings. The number of rotatable bonds is 6. The fraction of sp³-hybridized carbons (Fsp3) is 0.625. The lowest BCUT2D eigenvalue weighted by Crippen LogP contribution is -2.49. The van der Waals surface area contributed by atoms with Gasteiger partial charge in [-0.2, -0.15) is 0 Å². The van der Waals surface area contributed by atoms with Crippen LogP contribution in [-0.4, -0.2) is 59.5 Å². The maximum atomic E-state index is 11.9. The van der Waals surface area contributed by atoms with Crippen molar-refractivity contribution in [3.63, 3.8) is 0 Å².